The molecule has 2 heterocycles. The van der Waals surface area contributed by atoms with Gasteiger partial charge in [-0.2, -0.15) is 5.10 Å². The summed E-state index contributed by atoms with van der Waals surface area (Å²) in [6, 6.07) is 10.6. The van der Waals surface area contributed by atoms with Crippen molar-refractivity contribution in [1.82, 2.24) is 15.1 Å². The van der Waals surface area contributed by atoms with Crippen molar-refractivity contribution in [2.75, 3.05) is 13.1 Å². The zero-order valence-electron chi connectivity index (χ0n) is 14.4. The van der Waals surface area contributed by atoms with Crippen LogP contribution in [0.5, 0.6) is 0 Å². The van der Waals surface area contributed by atoms with E-state index in [2.05, 4.69) is 41.4 Å². The predicted octanol–water partition coefficient (Wildman–Crippen LogP) is 3.32. The molecular formula is C19H25N3O. The lowest BCUT2D eigenvalue weighted by molar-refractivity contribution is -0.140. The number of carbonyl (C=O) groups is 1. The second-order valence-electron chi connectivity index (χ2n) is 6.76. The third-order valence-electron chi connectivity index (χ3n) is 5.35. The van der Waals surface area contributed by atoms with Gasteiger partial charge in [-0.3, -0.25) is 9.89 Å². The number of nitrogens with one attached hydrogen (secondary N) is 1. The molecule has 1 aliphatic rings. The van der Waals surface area contributed by atoms with Crippen LogP contribution in [0, 0.1) is 13.8 Å². The van der Waals surface area contributed by atoms with Crippen LogP contribution in [0.25, 0.3) is 0 Å². The molecule has 4 nitrogen and oxygen atoms in total. The van der Waals surface area contributed by atoms with Gasteiger partial charge in [0.1, 0.15) is 0 Å². The molecule has 4 heteroatoms. The van der Waals surface area contributed by atoms with Crippen molar-refractivity contribution < 1.29 is 4.79 Å². The van der Waals surface area contributed by atoms with Gasteiger partial charge in [0.2, 0.25) is 5.91 Å². The number of carbonyl (C=O) groups excluding carboxylic acids is 1. The molecule has 1 aliphatic heterocycles. The van der Waals surface area contributed by atoms with Crippen molar-refractivity contribution in [1.29, 1.82) is 0 Å². The Labute approximate surface area is 137 Å². The maximum atomic E-state index is 12.8. The molecule has 1 N–H and O–H groups in total. The van der Waals surface area contributed by atoms with Gasteiger partial charge in [0.15, 0.2) is 0 Å². The summed E-state index contributed by atoms with van der Waals surface area (Å²) in [6.45, 7) is 9.76. The second-order valence-corrected chi connectivity index (χ2v) is 6.76. The maximum absolute atomic E-state index is 12.8. The number of rotatable bonds is 4. The summed E-state index contributed by atoms with van der Waals surface area (Å²) in [6.07, 6.45) is 1.05. The van der Waals surface area contributed by atoms with Crippen LogP contribution in [0.1, 0.15) is 48.7 Å². The zero-order valence-corrected chi connectivity index (χ0v) is 14.4. The number of hydrogen-bond donors (Lipinski definition) is 1. The van der Waals surface area contributed by atoms with Crippen LogP contribution in [-0.2, 0) is 10.2 Å². The van der Waals surface area contributed by atoms with E-state index in [0.29, 0.717) is 0 Å². The van der Waals surface area contributed by atoms with E-state index >= 15 is 0 Å². The first-order valence-corrected chi connectivity index (χ1v) is 8.34. The molecule has 23 heavy (non-hydrogen) atoms. The van der Waals surface area contributed by atoms with Gasteiger partial charge >= 0.3 is 0 Å². The van der Waals surface area contributed by atoms with E-state index in [1.165, 1.54) is 5.56 Å². The Kier molecular flexibility index (Phi) is 4.00. The maximum Gasteiger partial charge on any atom is 0.230 e. The third-order valence-corrected chi connectivity index (χ3v) is 5.35. The van der Waals surface area contributed by atoms with Gasteiger partial charge in [0, 0.05) is 29.8 Å². The zero-order chi connectivity index (χ0) is 16.6. The largest absolute Gasteiger partial charge is 0.340 e. The molecule has 0 bridgehead atoms. The molecular weight excluding hydrogens is 286 g/mol. The van der Waals surface area contributed by atoms with E-state index in [0.717, 1.165) is 36.5 Å². The highest BCUT2D eigenvalue weighted by Crippen LogP contribution is 2.39. The molecule has 2 aromatic rings. The summed E-state index contributed by atoms with van der Waals surface area (Å²) in [7, 11) is 0. The SMILES string of the molecule is CCC1(c2ccccc2)CN(C(=O)C(C)c2c(C)n[nH]c2C)C1. The molecule has 1 amide bonds. The summed E-state index contributed by atoms with van der Waals surface area (Å²) in [5.41, 5.74) is 4.43. The first-order chi connectivity index (χ1) is 11.0. The van der Waals surface area contributed by atoms with Crippen molar-refractivity contribution in [3.63, 3.8) is 0 Å². The molecule has 122 valence electrons. The number of aryl methyl sites for hydroxylation is 2. The topological polar surface area (TPSA) is 49.0 Å². The van der Waals surface area contributed by atoms with Crippen molar-refractivity contribution in [3.8, 4) is 0 Å². The highest BCUT2D eigenvalue weighted by atomic mass is 16.2. The van der Waals surface area contributed by atoms with Gasteiger partial charge in [-0.1, -0.05) is 37.3 Å². The highest BCUT2D eigenvalue weighted by molar-refractivity contribution is 5.85. The molecule has 1 saturated heterocycles. The van der Waals surface area contributed by atoms with E-state index in [9.17, 15) is 4.79 Å². The number of aromatic nitrogens is 2. The number of benzene rings is 1. The van der Waals surface area contributed by atoms with Gasteiger partial charge in [0.25, 0.3) is 0 Å². The molecule has 0 saturated carbocycles. The molecule has 0 aliphatic carbocycles. The summed E-state index contributed by atoms with van der Waals surface area (Å²) < 4.78 is 0. The van der Waals surface area contributed by atoms with Crippen molar-refractivity contribution >= 4 is 5.91 Å². The van der Waals surface area contributed by atoms with Crippen LogP contribution < -0.4 is 0 Å². The number of H-pyrrole nitrogens is 1. The fourth-order valence-corrected chi connectivity index (χ4v) is 3.84. The fraction of sp³-hybridized carbons (Fsp3) is 0.474. The number of aromatic amines is 1. The molecule has 1 atom stereocenters. The van der Waals surface area contributed by atoms with Crippen molar-refractivity contribution in [2.24, 2.45) is 0 Å². The normalized spacial score (nSPS) is 17.7. The Hall–Kier alpha value is -2.10. The van der Waals surface area contributed by atoms with Crippen LogP contribution in [0.15, 0.2) is 30.3 Å². The van der Waals surface area contributed by atoms with E-state index in [4.69, 9.17) is 0 Å². The quantitative estimate of drug-likeness (QED) is 0.941. The lowest BCUT2D eigenvalue weighted by Crippen LogP contribution is -2.61. The minimum Gasteiger partial charge on any atom is -0.340 e. The van der Waals surface area contributed by atoms with Crippen LogP contribution in [0.3, 0.4) is 0 Å². The molecule has 1 aromatic heterocycles. The number of likely N-dealkylation sites (tertiary alicyclic amines) is 1. The lowest BCUT2D eigenvalue weighted by Gasteiger charge is -2.51. The van der Waals surface area contributed by atoms with Gasteiger partial charge in [-0.15, -0.1) is 0 Å². The number of nitrogens with zero attached hydrogens (tertiary/aromatic N) is 2. The summed E-state index contributed by atoms with van der Waals surface area (Å²) in [5, 5.41) is 7.20. The van der Waals surface area contributed by atoms with Crippen LogP contribution in [0.2, 0.25) is 0 Å². The smallest absolute Gasteiger partial charge is 0.230 e. The molecule has 1 fully saturated rings. The van der Waals surface area contributed by atoms with Crippen LogP contribution >= 0.6 is 0 Å². The summed E-state index contributed by atoms with van der Waals surface area (Å²) >= 11 is 0. The van der Waals surface area contributed by atoms with Gasteiger partial charge in [0.05, 0.1) is 11.6 Å². The minimum atomic E-state index is -0.139. The van der Waals surface area contributed by atoms with Crippen molar-refractivity contribution in [2.45, 2.75) is 45.4 Å². The Morgan fingerprint density at radius 2 is 1.96 bits per heavy atom. The summed E-state index contributed by atoms with van der Waals surface area (Å²) in [5.74, 6) is 0.0667. The standard InChI is InChI=1S/C19H25N3O/c1-5-19(16-9-7-6-8-10-16)11-22(12-19)18(23)13(2)17-14(3)20-21-15(17)4/h6-10,13H,5,11-12H2,1-4H3,(H,20,21). The van der Waals surface area contributed by atoms with Gasteiger partial charge in [-0.05, 0) is 32.8 Å². The minimum absolute atomic E-state index is 0.122. The first-order valence-electron chi connectivity index (χ1n) is 8.34. The van der Waals surface area contributed by atoms with E-state index < -0.39 is 0 Å². The van der Waals surface area contributed by atoms with Gasteiger partial charge < -0.3 is 4.90 Å². The fourth-order valence-electron chi connectivity index (χ4n) is 3.84. The van der Waals surface area contributed by atoms with E-state index in [1.54, 1.807) is 0 Å². The monoisotopic (exact) mass is 311 g/mol. The Morgan fingerprint density at radius 1 is 1.30 bits per heavy atom. The molecule has 1 aromatic carbocycles. The Balaban J connectivity index is 1.75. The average Bonchev–Trinajstić information content (AvgIpc) is 2.86. The first kappa shape index (κ1) is 15.8. The molecule has 0 spiro atoms. The Morgan fingerprint density at radius 3 is 2.48 bits per heavy atom. The third kappa shape index (κ3) is 2.56. The second kappa shape index (κ2) is 5.84. The van der Waals surface area contributed by atoms with E-state index in [1.807, 2.05) is 31.7 Å². The predicted molar refractivity (Wildman–Crippen MR) is 91.5 cm³/mol. The molecule has 3 rings (SSSR count). The molecule has 1 unspecified atom stereocenters. The van der Waals surface area contributed by atoms with E-state index in [-0.39, 0.29) is 17.2 Å². The number of hydrogen-bond acceptors (Lipinski definition) is 2. The molecule has 0 radical (unpaired) electrons. The van der Waals surface area contributed by atoms with Crippen molar-refractivity contribution in [3.05, 3.63) is 52.8 Å². The number of amides is 1. The van der Waals surface area contributed by atoms with Gasteiger partial charge in [-0.25, -0.2) is 0 Å². The average molecular weight is 311 g/mol. The highest BCUT2D eigenvalue weighted by Gasteiger charge is 2.46. The summed E-state index contributed by atoms with van der Waals surface area (Å²) in [4.78, 5) is 14.8. The lowest BCUT2D eigenvalue weighted by atomic mass is 9.71. The Bertz CT molecular complexity index is 679. The van der Waals surface area contributed by atoms with Crippen LogP contribution in [-0.4, -0.2) is 34.1 Å². The van der Waals surface area contributed by atoms with Crippen LogP contribution in [0.4, 0.5) is 0 Å².